The summed E-state index contributed by atoms with van der Waals surface area (Å²) in [4.78, 5) is 43.1. The van der Waals surface area contributed by atoms with Crippen molar-refractivity contribution in [1.29, 1.82) is 0 Å². The fourth-order valence-corrected chi connectivity index (χ4v) is 3.96. The van der Waals surface area contributed by atoms with Crippen molar-refractivity contribution < 1.29 is 19.1 Å². The minimum absolute atomic E-state index is 0.00199. The Hall–Kier alpha value is -2.51. The maximum Gasteiger partial charge on any atom is 0.410 e. The number of hydrogen-bond acceptors (Lipinski definition) is 4. The van der Waals surface area contributed by atoms with E-state index in [4.69, 9.17) is 4.74 Å². The second-order valence-corrected chi connectivity index (χ2v) is 8.88. The van der Waals surface area contributed by atoms with Crippen LogP contribution in [0.2, 0.25) is 0 Å². The van der Waals surface area contributed by atoms with E-state index < -0.39 is 11.7 Å². The van der Waals surface area contributed by atoms with Gasteiger partial charge in [0.15, 0.2) is 0 Å². The molecule has 8 nitrogen and oxygen atoms in total. The molecule has 3 rings (SSSR count). The average Bonchev–Trinajstić information content (AvgIpc) is 3.20. The number of nitrogens with zero attached hydrogens (tertiary/aromatic N) is 4. The van der Waals surface area contributed by atoms with Gasteiger partial charge >= 0.3 is 6.09 Å². The molecule has 2 fully saturated rings. The van der Waals surface area contributed by atoms with Gasteiger partial charge in [-0.2, -0.15) is 0 Å². The molecule has 0 saturated carbocycles. The van der Waals surface area contributed by atoms with Gasteiger partial charge in [-0.1, -0.05) is 0 Å². The first kappa shape index (κ1) is 21.2. The molecule has 3 amide bonds. The van der Waals surface area contributed by atoms with Gasteiger partial charge in [-0.15, -0.1) is 0 Å². The molecule has 0 radical (unpaired) electrons. The summed E-state index contributed by atoms with van der Waals surface area (Å²) in [6.45, 7) is 9.54. The molecule has 1 aromatic rings. The Morgan fingerprint density at radius 3 is 2.41 bits per heavy atom. The Morgan fingerprint density at radius 2 is 1.79 bits per heavy atom. The van der Waals surface area contributed by atoms with Crippen LogP contribution in [0.1, 0.15) is 46.6 Å². The zero-order chi connectivity index (χ0) is 21.2. The highest BCUT2D eigenvalue weighted by molar-refractivity contribution is 5.84. The molecule has 3 heterocycles. The predicted octanol–water partition coefficient (Wildman–Crippen LogP) is 2.12. The number of carbonyl (C=O) groups is 3. The van der Waals surface area contributed by atoms with E-state index in [9.17, 15) is 14.4 Å². The summed E-state index contributed by atoms with van der Waals surface area (Å²) in [5, 5.41) is 0. The summed E-state index contributed by atoms with van der Waals surface area (Å²) in [5.74, 6) is -0.00870. The van der Waals surface area contributed by atoms with Crippen LogP contribution in [0.5, 0.6) is 0 Å². The molecule has 0 bridgehead atoms. The fourth-order valence-electron chi connectivity index (χ4n) is 3.96. The quantitative estimate of drug-likeness (QED) is 0.773. The summed E-state index contributed by atoms with van der Waals surface area (Å²) in [6.07, 6.45) is 5.08. The Morgan fingerprint density at radius 1 is 1.10 bits per heavy atom. The number of ether oxygens (including phenoxy) is 1. The summed E-state index contributed by atoms with van der Waals surface area (Å²) >= 11 is 0. The number of carbonyl (C=O) groups excluding carboxylic acids is 3. The van der Waals surface area contributed by atoms with Crippen molar-refractivity contribution in [2.24, 2.45) is 0 Å². The van der Waals surface area contributed by atoms with Crippen LogP contribution in [-0.4, -0.2) is 81.5 Å². The summed E-state index contributed by atoms with van der Waals surface area (Å²) < 4.78 is 7.28. The molecule has 160 valence electrons. The Kier molecular flexibility index (Phi) is 6.19. The third-order valence-electron chi connectivity index (χ3n) is 5.49. The van der Waals surface area contributed by atoms with Crippen LogP contribution in [0, 0.1) is 0 Å². The minimum atomic E-state index is -0.585. The van der Waals surface area contributed by atoms with Gasteiger partial charge in [0.25, 0.3) is 0 Å². The molecule has 0 N–H and O–H groups in total. The van der Waals surface area contributed by atoms with Gasteiger partial charge in [0, 0.05) is 44.6 Å². The molecule has 2 atom stereocenters. The molecule has 2 saturated heterocycles. The first-order chi connectivity index (χ1) is 13.7. The maximum absolute atomic E-state index is 12.9. The number of aromatic nitrogens is 1. The van der Waals surface area contributed by atoms with Gasteiger partial charge in [-0.3, -0.25) is 14.5 Å². The molecule has 2 aliphatic heterocycles. The van der Waals surface area contributed by atoms with Crippen molar-refractivity contribution in [3.05, 3.63) is 24.5 Å². The zero-order valence-electron chi connectivity index (χ0n) is 17.8. The number of rotatable bonds is 3. The number of likely N-dealkylation sites (tertiary alicyclic amines) is 1. The minimum Gasteiger partial charge on any atom is -0.444 e. The van der Waals surface area contributed by atoms with Crippen molar-refractivity contribution in [3.8, 4) is 0 Å². The van der Waals surface area contributed by atoms with Gasteiger partial charge in [0.1, 0.15) is 18.2 Å². The first-order valence-corrected chi connectivity index (χ1v) is 10.3. The van der Waals surface area contributed by atoms with Crippen LogP contribution < -0.4 is 0 Å². The lowest BCUT2D eigenvalue weighted by Crippen LogP contribution is -2.59. The van der Waals surface area contributed by atoms with Gasteiger partial charge in [0.05, 0.1) is 0 Å². The van der Waals surface area contributed by atoms with Crippen LogP contribution in [-0.2, 0) is 14.3 Å². The van der Waals surface area contributed by atoms with E-state index in [1.165, 1.54) is 4.90 Å². The monoisotopic (exact) mass is 404 g/mol. The topological polar surface area (TPSA) is 75.1 Å². The van der Waals surface area contributed by atoms with E-state index in [0.717, 1.165) is 12.8 Å². The van der Waals surface area contributed by atoms with E-state index in [1.54, 1.807) is 0 Å². The molecule has 0 spiro atoms. The third kappa shape index (κ3) is 5.10. The second kappa shape index (κ2) is 8.47. The number of piperazine rings is 1. The smallest absolute Gasteiger partial charge is 0.410 e. The Bertz CT molecular complexity index is 740. The van der Waals surface area contributed by atoms with Gasteiger partial charge in [0.2, 0.25) is 11.8 Å². The van der Waals surface area contributed by atoms with Crippen LogP contribution in [0.25, 0.3) is 0 Å². The summed E-state index contributed by atoms with van der Waals surface area (Å²) in [7, 11) is 0. The highest BCUT2D eigenvalue weighted by Crippen LogP contribution is 2.22. The zero-order valence-corrected chi connectivity index (χ0v) is 17.8. The third-order valence-corrected chi connectivity index (χ3v) is 5.49. The Balaban J connectivity index is 1.58. The van der Waals surface area contributed by atoms with Crippen molar-refractivity contribution in [1.82, 2.24) is 19.3 Å². The average molecular weight is 405 g/mol. The highest BCUT2D eigenvalue weighted by atomic mass is 16.6. The predicted molar refractivity (Wildman–Crippen MR) is 108 cm³/mol. The van der Waals surface area contributed by atoms with Crippen LogP contribution in [0.4, 0.5) is 4.79 Å². The van der Waals surface area contributed by atoms with Gasteiger partial charge < -0.3 is 19.1 Å². The van der Waals surface area contributed by atoms with E-state index >= 15 is 0 Å². The lowest BCUT2D eigenvalue weighted by molar-refractivity contribution is -0.144. The molecule has 1 aromatic heterocycles. The molecular formula is C21H32N4O4. The largest absolute Gasteiger partial charge is 0.444 e. The Labute approximate surface area is 172 Å². The van der Waals surface area contributed by atoms with Crippen LogP contribution >= 0.6 is 0 Å². The lowest BCUT2D eigenvalue weighted by Gasteiger charge is -2.43. The van der Waals surface area contributed by atoms with Crippen molar-refractivity contribution in [2.75, 3.05) is 32.7 Å². The molecule has 0 unspecified atom stereocenters. The van der Waals surface area contributed by atoms with E-state index in [2.05, 4.69) is 0 Å². The van der Waals surface area contributed by atoms with E-state index in [-0.39, 0.29) is 30.4 Å². The lowest BCUT2D eigenvalue weighted by atomic mass is 10.0. The van der Waals surface area contributed by atoms with Gasteiger partial charge in [-0.05, 0) is 52.7 Å². The molecule has 0 aromatic carbocycles. The normalized spacial score (nSPS) is 21.9. The molecule has 8 heteroatoms. The number of piperidine rings is 1. The molecule has 2 aliphatic rings. The fraction of sp³-hybridized carbons (Fsp3) is 0.667. The molecular weight excluding hydrogens is 372 g/mol. The molecule has 29 heavy (non-hydrogen) atoms. The van der Waals surface area contributed by atoms with Crippen molar-refractivity contribution in [3.63, 3.8) is 0 Å². The standard InChI is InChI=1S/C21H32N4O4/c1-16(22-9-5-6-10-22)19(27)23-11-7-8-17(14-23)25-13-12-24(15-18(25)26)20(28)29-21(2,3)4/h5-6,9-10,16-17H,7-8,11-15H2,1-4H3/t16-,17+/m1/s1. The summed E-state index contributed by atoms with van der Waals surface area (Å²) in [6, 6.07) is 3.55. The van der Waals surface area contributed by atoms with Crippen molar-refractivity contribution >= 4 is 17.9 Å². The van der Waals surface area contributed by atoms with E-state index in [1.807, 2.05) is 66.6 Å². The number of hydrogen-bond donors (Lipinski definition) is 0. The number of amides is 3. The van der Waals surface area contributed by atoms with E-state index in [0.29, 0.717) is 26.2 Å². The van der Waals surface area contributed by atoms with Crippen LogP contribution in [0.15, 0.2) is 24.5 Å². The van der Waals surface area contributed by atoms with Gasteiger partial charge in [-0.25, -0.2) is 4.79 Å². The highest BCUT2D eigenvalue weighted by Gasteiger charge is 2.36. The maximum atomic E-state index is 12.9. The van der Waals surface area contributed by atoms with Crippen LogP contribution in [0.3, 0.4) is 0 Å². The SMILES string of the molecule is C[C@H](C(=O)N1CCC[C@H](N2CCN(C(=O)OC(C)(C)C)CC2=O)C1)n1cccc1. The summed E-state index contributed by atoms with van der Waals surface area (Å²) in [5.41, 5.74) is -0.585. The first-order valence-electron chi connectivity index (χ1n) is 10.3. The van der Waals surface area contributed by atoms with Crippen molar-refractivity contribution in [2.45, 2.75) is 58.2 Å². The second-order valence-electron chi connectivity index (χ2n) is 8.88. The molecule has 0 aliphatic carbocycles.